The number of nitro benzene ring substituents is 1. The lowest BCUT2D eigenvalue weighted by Crippen LogP contribution is -1.92. The average Bonchev–Trinajstić information content (AvgIpc) is 2.41. The van der Waals surface area contributed by atoms with Crippen molar-refractivity contribution < 1.29 is 9.66 Å². The fourth-order valence-electron chi connectivity index (χ4n) is 1.64. The van der Waals surface area contributed by atoms with E-state index >= 15 is 0 Å². The number of non-ortho nitro benzene ring substituents is 1. The fraction of sp³-hybridized carbons (Fsp3) is 0.143. The van der Waals surface area contributed by atoms with Crippen molar-refractivity contribution in [3.63, 3.8) is 0 Å². The molecule has 0 N–H and O–H groups in total. The van der Waals surface area contributed by atoms with Crippen molar-refractivity contribution in [3.8, 4) is 11.5 Å². The second-order valence-electron chi connectivity index (χ2n) is 4.09. The fourth-order valence-corrected chi connectivity index (χ4v) is 1.81. The van der Waals surface area contributed by atoms with E-state index in [0.29, 0.717) is 17.4 Å². The van der Waals surface area contributed by atoms with E-state index in [9.17, 15) is 10.1 Å². The molecule has 2 aromatic carbocycles. The number of nitrogens with zero attached hydrogens (tertiary/aromatic N) is 1. The zero-order valence-electron chi connectivity index (χ0n) is 10.3. The second-order valence-corrected chi connectivity index (χ2v) is 4.35. The number of rotatable bonds is 4. The summed E-state index contributed by atoms with van der Waals surface area (Å²) >= 11 is 5.71. The van der Waals surface area contributed by atoms with Gasteiger partial charge in [0.05, 0.1) is 4.92 Å². The largest absolute Gasteiger partial charge is 0.457 e. The van der Waals surface area contributed by atoms with Gasteiger partial charge in [0.25, 0.3) is 5.69 Å². The van der Waals surface area contributed by atoms with Crippen molar-refractivity contribution in [1.82, 2.24) is 0 Å². The van der Waals surface area contributed by atoms with Crippen molar-refractivity contribution in [2.24, 2.45) is 0 Å². The van der Waals surface area contributed by atoms with Gasteiger partial charge in [-0.05, 0) is 36.2 Å². The highest BCUT2D eigenvalue weighted by Gasteiger charge is 2.09. The molecule has 0 spiro atoms. The number of aryl methyl sites for hydroxylation is 1. The zero-order valence-corrected chi connectivity index (χ0v) is 11.1. The molecule has 0 saturated carbocycles. The van der Waals surface area contributed by atoms with E-state index < -0.39 is 4.92 Å². The van der Waals surface area contributed by atoms with Crippen LogP contribution >= 0.6 is 11.6 Å². The summed E-state index contributed by atoms with van der Waals surface area (Å²) in [5.74, 6) is 1.73. The third-order valence-electron chi connectivity index (χ3n) is 2.67. The Morgan fingerprint density at radius 2 is 1.89 bits per heavy atom. The van der Waals surface area contributed by atoms with E-state index in [4.69, 9.17) is 16.3 Å². The molecule has 0 aliphatic heterocycles. The highest BCUT2D eigenvalue weighted by atomic mass is 35.5. The quantitative estimate of drug-likeness (QED) is 0.472. The number of ether oxygens (including phenoxy) is 1. The van der Waals surface area contributed by atoms with Crippen LogP contribution in [0.25, 0.3) is 0 Å². The maximum Gasteiger partial charge on any atom is 0.269 e. The summed E-state index contributed by atoms with van der Waals surface area (Å²) in [5.41, 5.74) is 1.78. The summed E-state index contributed by atoms with van der Waals surface area (Å²) < 4.78 is 5.68. The number of halogens is 1. The van der Waals surface area contributed by atoms with Gasteiger partial charge in [-0.2, -0.15) is 0 Å². The van der Waals surface area contributed by atoms with Crippen LogP contribution < -0.4 is 4.74 Å². The van der Waals surface area contributed by atoms with Gasteiger partial charge in [0.1, 0.15) is 11.5 Å². The number of hydrogen-bond donors (Lipinski definition) is 0. The molecule has 98 valence electrons. The molecule has 0 aromatic heterocycles. The highest BCUT2D eigenvalue weighted by Crippen LogP contribution is 2.28. The average molecular weight is 278 g/mol. The number of alkyl halides is 1. The Labute approximate surface area is 115 Å². The minimum atomic E-state index is -0.425. The van der Waals surface area contributed by atoms with Gasteiger partial charge in [0.15, 0.2) is 0 Å². The van der Waals surface area contributed by atoms with E-state index in [1.807, 2.05) is 24.3 Å². The van der Waals surface area contributed by atoms with Crippen LogP contribution in [0.2, 0.25) is 0 Å². The summed E-state index contributed by atoms with van der Waals surface area (Å²) in [6.45, 7) is 1.77. The second kappa shape index (κ2) is 5.71. The van der Waals surface area contributed by atoms with Crippen LogP contribution in [0.15, 0.2) is 42.5 Å². The van der Waals surface area contributed by atoms with Crippen LogP contribution in [0.3, 0.4) is 0 Å². The molecule has 0 aliphatic rings. The summed E-state index contributed by atoms with van der Waals surface area (Å²) in [4.78, 5) is 10.2. The predicted molar refractivity (Wildman–Crippen MR) is 73.9 cm³/mol. The maximum absolute atomic E-state index is 10.6. The first-order chi connectivity index (χ1) is 9.10. The SMILES string of the molecule is Cc1cc([N+](=O)[O-])ccc1Oc1ccc(CCl)cc1. The lowest BCUT2D eigenvalue weighted by atomic mass is 10.2. The summed E-state index contributed by atoms with van der Waals surface area (Å²) in [7, 11) is 0. The predicted octanol–water partition coefficient (Wildman–Crippen LogP) is 4.43. The third kappa shape index (κ3) is 3.23. The molecule has 5 heteroatoms. The first-order valence-electron chi connectivity index (χ1n) is 5.68. The highest BCUT2D eigenvalue weighted by molar-refractivity contribution is 6.17. The Kier molecular flexibility index (Phi) is 4.02. The molecule has 0 saturated heterocycles. The normalized spacial score (nSPS) is 10.2. The van der Waals surface area contributed by atoms with E-state index in [1.165, 1.54) is 12.1 Å². The molecule has 19 heavy (non-hydrogen) atoms. The van der Waals surface area contributed by atoms with Crippen molar-refractivity contribution >= 4 is 17.3 Å². The van der Waals surface area contributed by atoms with Gasteiger partial charge in [0, 0.05) is 18.0 Å². The lowest BCUT2D eigenvalue weighted by molar-refractivity contribution is -0.384. The number of benzene rings is 2. The minimum Gasteiger partial charge on any atom is -0.457 e. The Bertz CT molecular complexity index is 596. The van der Waals surface area contributed by atoms with Crippen LogP contribution in [0, 0.1) is 17.0 Å². The van der Waals surface area contributed by atoms with E-state index in [2.05, 4.69) is 0 Å². The van der Waals surface area contributed by atoms with Crippen LogP contribution in [0.1, 0.15) is 11.1 Å². The standard InChI is InChI=1S/C14H12ClNO3/c1-10-8-12(16(17)18)4-7-14(10)19-13-5-2-11(9-15)3-6-13/h2-8H,9H2,1H3. The van der Waals surface area contributed by atoms with Gasteiger partial charge < -0.3 is 4.74 Å². The van der Waals surface area contributed by atoms with Crippen LogP contribution in [0.4, 0.5) is 5.69 Å². The Balaban J connectivity index is 2.20. The van der Waals surface area contributed by atoms with E-state index in [-0.39, 0.29) is 5.69 Å². The van der Waals surface area contributed by atoms with Crippen molar-refractivity contribution in [2.45, 2.75) is 12.8 Å². The van der Waals surface area contributed by atoms with Gasteiger partial charge in [-0.3, -0.25) is 10.1 Å². The van der Waals surface area contributed by atoms with Crippen molar-refractivity contribution in [3.05, 3.63) is 63.7 Å². The maximum atomic E-state index is 10.6. The van der Waals surface area contributed by atoms with Crippen LogP contribution in [0.5, 0.6) is 11.5 Å². The van der Waals surface area contributed by atoms with Crippen LogP contribution in [-0.2, 0) is 5.88 Å². The first-order valence-corrected chi connectivity index (χ1v) is 6.21. The molecule has 0 amide bonds. The van der Waals surface area contributed by atoms with Gasteiger partial charge in [-0.1, -0.05) is 12.1 Å². The first kappa shape index (κ1) is 13.4. The molecule has 0 fully saturated rings. The smallest absolute Gasteiger partial charge is 0.269 e. The number of nitro groups is 1. The van der Waals surface area contributed by atoms with Gasteiger partial charge >= 0.3 is 0 Å². The number of hydrogen-bond acceptors (Lipinski definition) is 3. The molecule has 4 nitrogen and oxygen atoms in total. The molecular formula is C14H12ClNO3. The molecule has 0 aliphatic carbocycles. The van der Waals surface area contributed by atoms with Crippen molar-refractivity contribution in [1.29, 1.82) is 0 Å². The van der Waals surface area contributed by atoms with E-state index in [0.717, 1.165) is 11.1 Å². The summed E-state index contributed by atoms with van der Waals surface area (Å²) in [5, 5.41) is 10.6. The molecule has 0 bridgehead atoms. The molecule has 0 heterocycles. The minimum absolute atomic E-state index is 0.0577. The molecule has 0 radical (unpaired) electrons. The molecule has 2 aromatic rings. The zero-order chi connectivity index (χ0) is 13.8. The third-order valence-corrected chi connectivity index (χ3v) is 2.98. The molecule has 0 atom stereocenters. The lowest BCUT2D eigenvalue weighted by Gasteiger charge is -2.08. The summed E-state index contributed by atoms with van der Waals surface area (Å²) in [6.07, 6.45) is 0. The molecule has 0 unspecified atom stereocenters. The van der Waals surface area contributed by atoms with Crippen molar-refractivity contribution in [2.75, 3.05) is 0 Å². The van der Waals surface area contributed by atoms with Gasteiger partial charge in [-0.15, -0.1) is 11.6 Å². The molecule has 2 rings (SSSR count). The Hall–Kier alpha value is -2.07. The summed E-state index contributed by atoms with van der Waals surface area (Å²) in [6, 6.07) is 11.9. The van der Waals surface area contributed by atoms with Crippen LogP contribution in [-0.4, -0.2) is 4.92 Å². The Morgan fingerprint density at radius 3 is 2.42 bits per heavy atom. The Morgan fingerprint density at radius 1 is 1.21 bits per heavy atom. The monoisotopic (exact) mass is 277 g/mol. The topological polar surface area (TPSA) is 52.4 Å². The van der Waals surface area contributed by atoms with Gasteiger partial charge in [0.2, 0.25) is 0 Å². The van der Waals surface area contributed by atoms with E-state index in [1.54, 1.807) is 13.0 Å². The molecular weight excluding hydrogens is 266 g/mol. The van der Waals surface area contributed by atoms with Gasteiger partial charge in [-0.25, -0.2) is 0 Å².